The SMILES string of the molecule is COc1ccc(C2C[C@@H](O)c3cc(F)ccc3O2)cc1O. The van der Waals surface area contributed by atoms with Crippen LogP contribution in [0.15, 0.2) is 36.4 Å². The third-order valence-electron chi connectivity index (χ3n) is 3.61. The fourth-order valence-corrected chi connectivity index (χ4v) is 2.53. The molecule has 0 amide bonds. The minimum Gasteiger partial charge on any atom is -0.504 e. The highest BCUT2D eigenvalue weighted by Crippen LogP contribution is 2.42. The number of hydrogen-bond acceptors (Lipinski definition) is 4. The van der Waals surface area contributed by atoms with E-state index in [0.717, 1.165) is 5.56 Å². The summed E-state index contributed by atoms with van der Waals surface area (Å²) in [6.45, 7) is 0. The molecule has 3 rings (SSSR count). The Morgan fingerprint density at radius 3 is 2.76 bits per heavy atom. The van der Waals surface area contributed by atoms with Crippen molar-refractivity contribution in [3.8, 4) is 17.2 Å². The number of phenolic OH excluding ortho intramolecular Hbond substituents is 1. The first kappa shape index (κ1) is 13.7. The van der Waals surface area contributed by atoms with Gasteiger partial charge in [-0.05, 0) is 35.9 Å². The normalized spacial score (nSPS) is 20.5. The molecule has 5 heteroatoms. The molecule has 0 aromatic heterocycles. The first-order chi connectivity index (χ1) is 10.1. The van der Waals surface area contributed by atoms with Gasteiger partial charge >= 0.3 is 0 Å². The van der Waals surface area contributed by atoms with Crippen LogP contribution < -0.4 is 9.47 Å². The highest BCUT2D eigenvalue weighted by Gasteiger charge is 2.28. The maximum atomic E-state index is 13.2. The van der Waals surface area contributed by atoms with E-state index in [0.29, 0.717) is 23.5 Å². The summed E-state index contributed by atoms with van der Waals surface area (Å²) in [4.78, 5) is 0. The lowest BCUT2D eigenvalue weighted by Gasteiger charge is -2.30. The lowest BCUT2D eigenvalue weighted by molar-refractivity contribution is 0.0652. The molecule has 0 aliphatic carbocycles. The molecule has 0 radical (unpaired) electrons. The number of phenols is 1. The molecule has 110 valence electrons. The summed E-state index contributed by atoms with van der Waals surface area (Å²) in [5.41, 5.74) is 1.17. The zero-order chi connectivity index (χ0) is 15.0. The quantitative estimate of drug-likeness (QED) is 0.892. The van der Waals surface area contributed by atoms with E-state index in [-0.39, 0.29) is 5.75 Å². The Morgan fingerprint density at radius 2 is 2.05 bits per heavy atom. The van der Waals surface area contributed by atoms with Gasteiger partial charge in [0.25, 0.3) is 0 Å². The highest BCUT2D eigenvalue weighted by atomic mass is 19.1. The average Bonchev–Trinajstić information content (AvgIpc) is 2.47. The van der Waals surface area contributed by atoms with Gasteiger partial charge in [0.2, 0.25) is 0 Å². The van der Waals surface area contributed by atoms with Gasteiger partial charge in [-0.25, -0.2) is 4.39 Å². The standard InChI is InChI=1S/C16H15FO4/c1-20-15-4-2-9(6-13(15)19)16-8-12(18)11-7-10(17)3-5-14(11)21-16/h2-7,12,16,18-19H,8H2,1H3/t12-,16?/m1/s1. The minimum atomic E-state index is -0.807. The van der Waals surface area contributed by atoms with Crippen molar-refractivity contribution in [3.05, 3.63) is 53.3 Å². The zero-order valence-corrected chi connectivity index (χ0v) is 11.4. The van der Waals surface area contributed by atoms with E-state index < -0.39 is 18.0 Å². The van der Waals surface area contributed by atoms with Crippen LogP contribution in [0.2, 0.25) is 0 Å². The summed E-state index contributed by atoms with van der Waals surface area (Å²) in [7, 11) is 1.47. The predicted octanol–water partition coefficient (Wildman–Crippen LogP) is 3.10. The molecular formula is C16H15FO4. The molecule has 4 nitrogen and oxygen atoms in total. The number of ether oxygens (including phenoxy) is 2. The molecule has 2 aromatic carbocycles. The van der Waals surface area contributed by atoms with Crippen molar-refractivity contribution >= 4 is 0 Å². The van der Waals surface area contributed by atoms with Crippen molar-refractivity contribution in [3.63, 3.8) is 0 Å². The van der Waals surface area contributed by atoms with E-state index >= 15 is 0 Å². The van der Waals surface area contributed by atoms with Gasteiger partial charge in [0, 0.05) is 12.0 Å². The Morgan fingerprint density at radius 1 is 1.24 bits per heavy atom. The molecular weight excluding hydrogens is 275 g/mol. The van der Waals surface area contributed by atoms with Crippen LogP contribution in [0.1, 0.15) is 29.8 Å². The third kappa shape index (κ3) is 2.52. The monoisotopic (exact) mass is 290 g/mol. The molecule has 0 spiro atoms. The van der Waals surface area contributed by atoms with Crippen molar-refractivity contribution in [1.29, 1.82) is 0 Å². The van der Waals surface area contributed by atoms with Gasteiger partial charge in [0.15, 0.2) is 11.5 Å². The van der Waals surface area contributed by atoms with E-state index in [2.05, 4.69) is 0 Å². The molecule has 21 heavy (non-hydrogen) atoms. The van der Waals surface area contributed by atoms with Gasteiger partial charge < -0.3 is 19.7 Å². The van der Waals surface area contributed by atoms with Gasteiger partial charge in [0.1, 0.15) is 17.7 Å². The average molecular weight is 290 g/mol. The Labute approximate surface area is 121 Å². The molecule has 1 heterocycles. The Hall–Kier alpha value is -2.27. The second-order valence-corrected chi connectivity index (χ2v) is 4.97. The number of benzene rings is 2. The Balaban J connectivity index is 1.92. The lowest BCUT2D eigenvalue weighted by Crippen LogP contribution is -2.19. The van der Waals surface area contributed by atoms with E-state index in [9.17, 15) is 14.6 Å². The van der Waals surface area contributed by atoms with Gasteiger partial charge in [0.05, 0.1) is 13.2 Å². The fourth-order valence-electron chi connectivity index (χ4n) is 2.53. The van der Waals surface area contributed by atoms with Crippen molar-refractivity contribution in [2.24, 2.45) is 0 Å². The molecule has 0 saturated heterocycles. The highest BCUT2D eigenvalue weighted by molar-refractivity contribution is 5.44. The maximum absolute atomic E-state index is 13.2. The molecule has 0 saturated carbocycles. The molecule has 2 aromatic rings. The van der Waals surface area contributed by atoms with E-state index in [1.165, 1.54) is 25.3 Å². The second-order valence-electron chi connectivity index (χ2n) is 4.97. The van der Waals surface area contributed by atoms with E-state index in [1.54, 1.807) is 18.2 Å². The Bertz CT molecular complexity index is 671. The van der Waals surface area contributed by atoms with Crippen LogP contribution in [-0.2, 0) is 0 Å². The van der Waals surface area contributed by atoms with Crippen LogP contribution in [0, 0.1) is 5.82 Å². The van der Waals surface area contributed by atoms with E-state index in [1.807, 2.05) is 0 Å². The van der Waals surface area contributed by atoms with Gasteiger partial charge in [-0.1, -0.05) is 6.07 Å². The number of aliphatic hydroxyl groups excluding tert-OH is 1. The number of hydrogen-bond donors (Lipinski definition) is 2. The number of fused-ring (bicyclic) bond motifs is 1. The smallest absolute Gasteiger partial charge is 0.160 e. The second kappa shape index (κ2) is 5.26. The molecule has 0 fully saturated rings. The summed E-state index contributed by atoms with van der Waals surface area (Å²) >= 11 is 0. The zero-order valence-electron chi connectivity index (χ0n) is 11.4. The van der Waals surface area contributed by atoms with Crippen LogP contribution >= 0.6 is 0 Å². The number of rotatable bonds is 2. The molecule has 2 atom stereocenters. The summed E-state index contributed by atoms with van der Waals surface area (Å²) < 4.78 is 24.0. The van der Waals surface area contributed by atoms with E-state index in [4.69, 9.17) is 9.47 Å². The molecule has 2 N–H and O–H groups in total. The topological polar surface area (TPSA) is 58.9 Å². The molecule has 1 unspecified atom stereocenters. The summed E-state index contributed by atoms with van der Waals surface area (Å²) in [5, 5.41) is 20.0. The van der Waals surface area contributed by atoms with Gasteiger partial charge in [-0.3, -0.25) is 0 Å². The van der Waals surface area contributed by atoms with Crippen LogP contribution in [0.5, 0.6) is 17.2 Å². The van der Waals surface area contributed by atoms with Crippen LogP contribution in [0.4, 0.5) is 4.39 Å². The van der Waals surface area contributed by atoms with Crippen molar-refractivity contribution in [2.45, 2.75) is 18.6 Å². The number of methoxy groups -OCH3 is 1. The van der Waals surface area contributed by atoms with Crippen LogP contribution in [0.3, 0.4) is 0 Å². The summed E-state index contributed by atoms with van der Waals surface area (Å²) in [5.74, 6) is 0.433. The van der Waals surface area contributed by atoms with Gasteiger partial charge in [-0.2, -0.15) is 0 Å². The van der Waals surface area contributed by atoms with Crippen molar-refractivity contribution < 1.29 is 24.1 Å². The predicted molar refractivity (Wildman–Crippen MR) is 74.0 cm³/mol. The molecule has 1 aliphatic heterocycles. The number of halogens is 1. The lowest BCUT2D eigenvalue weighted by atomic mass is 9.95. The van der Waals surface area contributed by atoms with Crippen LogP contribution in [0.25, 0.3) is 0 Å². The van der Waals surface area contributed by atoms with Crippen molar-refractivity contribution in [1.82, 2.24) is 0 Å². The largest absolute Gasteiger partial charge is 0.504 e. The maximum Gasteiger partial charge on any atom is 0.160 e. The first-order valence-electron chi connectivity index (χ1n) is 6.59. The molecule has 0 bridgehead atoms. The van der Waals surface area contributed by atoms with Crippen molar-refractivity contribution in [2.75, 3.05) is 7.11 Å². The number of aromatic hydroxyl groups is 1. The molecule has 1 aliphatic rings. The summed E-state index contributed by atoms with van der Waals surface area (Å²) in [6.07, 6.45) is -0.921. The van der Waals surface area contributed by atoms with Gasteiger partial charge in [-0.15, -0.1) is 0 Å². The third-order valence-corrected chi connectivity index (χ3v) is 3.61. The van der Waals surface area contributed by atoms with Crippen LogP contribution in [-0.4, -0.2) is 17.3 Å². The Kier molecular flexibility index (Phi) is 3.43. The number of aliphatic hydroxyl groups is 1. The fraction of sp³-hybridized carbons (Fsp3) is 0.250. The minimum absolute atomic E-state index is 0.0120. The summed E-state index contributed by atoms with van der Waals surface area (Å²) in [6, 6.07) is 9.03. The first-order valence-corrected chi connectivity index (χ1v) is 6.59.